The third-order valence-corrected chi connectivity index (χ3v) is 8.86. The fourth-order valence-electron chi connectivity index (χ4n) is 6.21. The SMILES string of the molecule is COc1ccc(C(=O)NC(C(=O)[O-])C(C)C)cc1C1=C(CN2C(=O)O[C@H](c3cc(C(F)(F)F)cc(C(F)(F)F)c3)[C@@H]2C)CC(C)(C)CC1. The Morgan fingerprint density at radius 2 is 1.67 bits per heavy atom. The maximum atomic E-state index is 13.6. The Kier molecular flexibility index (Phi) is 10.2. The summed E-state index contributed by atoms with van der Waals surface area (Å²) in [5.41, 5.74) is -1.55. The topological polar surface area (TPSA) is 108 Å². The Labute approximate surface area is 274 Å². The number of allylic oxidation sites excluding steroid dienone is 1. The molecule has 2 aliphatic rings. The first-order valence-electron chi connectivity index (χ1n) is 15.3. The maximum absolute atomic E-state index is 13.6. The Morgan fingerprint density at radius 3 is 2.19 bits per heavy atom. The van der Waals surface area contributed by atoms with E-state index in [0.717, 1.165) is 11.1 Å². The third-order valence-electron chi connectivity index (χ3n) is 8.86. The number of rotatable bonds is 9. The summed E-state index contributed by atoms with van der Waals surface area (Å²) >= 11 is 0. The predicted molar refractivity (Wildman–Crippen MR) is 160 cm³/mol. The van der Waals surface area contributed by atoms with Crippen LogP contribution in [0.15, 0.2) is 42.0 Å². The van der Waals surface area contributed by atoms with Crippen molar-refractivity contribution in [3.8, 4) is 5.75 Å². The summed E-state index contributed by atoms with van der Waals surface area (Å²) in [6, 6.07) is 3.56. The lowest BCUT2D eigenvalue weighted by molar-refractivity contribution is -0.309. The van der Waals surface area contributed by atoms with Crippen molar-refractivity contribution in [1.82, 2.24) is 10.2 Å². The number of aliphatic carboxylic acids is 1. The van der Waals surface area contributed by atoms with E-state index in [1.807, 2.05) is 13.8 Å². The molecule has 2 aromatic rings. The van der Waals surface area contributed by atoms with Crippen molar-refractivity contribution >= 4 is 23.5 Å². The normalized spacial score (nSPS) is 20.5. The van der Waals surface area contributed by atoms with Crippen LogP contribution in [0.3, 0.4) is 0 Å². The number of alkyl halides is 6. The summed E-state index contributed by atoms with van der Waals surface area (Å²) in [6.07, 6.45) is -10.8. The van der Waals surface area contributed by atoms with Crippen molar-refractivity contribution < 1.29 is 55.3 Å². The monoisotopic (exact) mass is 683 g/mol. The Bertz CT molecular complexity index is 1580. The maximum Gasteiger partial charge on any atom is 0.416 e. The van der Waals surface area contributed by atoms with E-state index < -0.39 is 71.1 Å². The zero-order chi connectivity index (χ0) is 35.9. The van der Waals surface area contributed by atoms with E-state index in [-0.39, 0.29) is 23.6 Å². The van der Waals surface area contributed by atoms with Crippen molar-refractivity contribution in [1.29, 1.82) is 0 Å². The first-order valence-corrected chi connectivity index (χ1v) is 15.3. The van der Waals surface area contributed by atoms with Crippen LogP contribution in [0.25, 0.3) is 5.57 Å². The average Bonchev–Trinajstić information content (AvgIpc) is 3.26. The third kappa shape index (κ3) is 7.90. The van der Waals surface area contributed by atoms with Gasteiger partial charge in [0.25, 0.3) is 5.91 Å². The van der Waals surface area contributed by atoms with Gasteiger partial charge in [-0.25, -0.2) is 4.79 Å². The average molecular weight is 684 g/mol. The lowest BCUT2D eigenvalue weighted by Gasteiger charge is -2.36. The number of carbonyl (C=O) groups excluding carboxylic acids is 3. The van der Waals surface area contributed by atoms with Crippen molar-refractivity contribution in [3.63, 3.8) is 0 Å². The molecule has 0 bridgehead atoms. The molecule has 0 saturated carbocycles. The molecule has 0 radical (unpaired) electrons. The van der Waals surface area contributed by atoms with Crippen molar-refractivity contribution in [2.45, 2.75) is 84.4 Å². The molecule has 1 N–H and O–H groups in total. The molecule has 0 aromatic heterocycles. The van der Waals surface area contributed by atoms with Gasteiger partial charge in [0.15, 0.2) is 0 Å². The van der Waals surface area contributed by atoms with Gasteiger partial charge in [0.05, 0.1) is 36.3 Å². The summed E-state index contributed by atoms with van der Waals surface area (Å²) in [7, 11) is 1.44. The number of carbonyl (C=O) groups is 3. The summed E-state index contributed by atoms with van der Waals surface area (Å²) in [4.78, 5) is 39.2. The van der Waals surface area contributed by atoms with Gasteiger partial charge in [-0.1, -0.05) is 27.7 Å². The van der Waals surface area contributed by atoms with Crippen LogP contribution < -0.4 is 15.2 Å². The highest BCUT2D eigenvalue weighted by Gasteiger charge is 2.44. The molecule has 1 heterocycles. The second-order valence-electron chi connectivity index (χ2n) is 13.4. The van der Waals surface area contributed by atoms with Gasteiger partial charge in [-0.2, -0.15) is 26.3 Å². The quantitative estimate of drug-likeness (QED) is 0.292. The van der Waals surface area contributed by atoms with Crippen LogP contribution in [0.5, 0.6) is 5.75 Å². The molecule has 1 fully saturated rings. The van der Waals surface area contributed by atoms with Crippen molar-refractivity contribution in [2.75, 3.05) is 13.7 Å². The van der Waals surface area contributed by atoms with Crippen molar-refractivity contribution in [2.24, 2.45) is 11.3 Å². The summed E-state index contributed by atoms with van der Waals surface area (Å²) in [6.45, 7) is 8.72. The van der Waals surface area contributed by atoms with Gasteiger partial charge in [0.2, 0.25) is 0 Å². The minimum Gasteiger partial charge on any atom is -0.548 e. The number of hydrogen-bond donors (Lipinski definition) is 1. The number of ether oxygens (including phenoxy) is 2. The van der Waals surface area contributed by atoms with E-state index in [9.17, 15) is 45.8 Å². The minimum atomic E-state index is -5.07. The molecule has 14 heteroatoms. The lowest BCUT2D eigenvalue weighted by Crippen LogP contribution is -2.50. The molecule has 1 aliphatic heterocycles. The number of benzene rings is 2. The van der Waals surface area contributed by atoms with Crippen LogP contribution in [-0.4, -0.2) is 48.6 Å². The predicted octanol–water partition coefficient (Wildman–Crippen LogP) is 6.78. The van der Waals surface area contributed by atoms with Gasteiger partial charge in [-0.3, -0.25) is 9.69 Å². The number of hydrogen-bond acceptors (Lipinski definition) is 6. The Balaban J connectivity index is 1.74. The first kappa shape index (κ1) is 36.6. The van der Waals surface area contributed by atoms with E-state index >= 15 is 0 Å². The molecule has 3 atom stereocenters. The van der Waals surface area contributed by atoms with Crippen LogP contribution >= 0.6 is 0 Å². The molecule has 1 aliphatic carbocycles. The minimum absolute atomic E-state index is 0.0210. The number of halogens is 6. The molecular weight excluding hydrogens is 646 g/mol. The highest BCUT2D eigenvalue weighted by molar-refractivity contribution is 5.97. The molecule has 1 unspecified atom stereocenters. The summed E-state index contributed by atoms with van der Waals surface area (Å²) in [5, 5.41) is 14.1. The van der Waals surface area contributed by atoms with Gasteiger partial charge in [-0.05, 0) is 90.6 Å². The highest BCUT2D eigenvalue weighted by Crippen LogP contribution is 2.46. The van der Waals surface area contributed by atoms with Gasteiger partial charge in [0.1, 0.15) is 11.9 Å². The second kappa shape index (κ2) is 13.3. The molecule has 4 rings (SSSR count). The van der Waals surface area contributed by atoms with E-state index in [1.54, 1.807) is 26.0 Å². The lowest BCUT2D eigenvalue weighted by atomic mass is 9.72. The molecule has 1 saturated heterocycles. The molecule has 48 heavy (non-hydrogen) atoms. The van der Waals surface area contributed by atoms with E-state index in [2.05, 4.69) is 5.32 Å². The first-order chi connectivity index (χ1) is 22.1. The highest BCUT2D eigenvalue weighted by atomic mass is 19.4. The van der Waals surface area contributed by atoms with Crippen LogP contribution in [0.2, 0.25) is 0 Å². The van der Waals surface area contributed by atoms with Crippen LogP contribution in [0.1, 0.15) is 92.6 Å². The summed E-state index contributed by atoms with van der Waals surface area (Å²) in [5.74, 6) is -2.14. The zero-order valence-corrected chi connectivity index (χ0v) is 27.3. The number of methoxy groups -OCH3 is 1. The van der Waals surface area contributed by atoms with Crippen LogP contribution in [-0.2, 0) is 21.9 Å². The summed E-state index contributed by atoms with van der Waals surface area (Å²) < 4.78 is 92.5. The van der Waals surface area contributed by atoms with Crippen molar-refractivity contribution in [3.05, 3.63) is 69.8 Å². The van der Waals surface area contributed by atoms with E-state index in [4.69, 9.17) is 9.47 Å². The van der Waals surface area contributed by atoms with E-state index in [1.165, 1.54) is 25.0 Å². The number of cyclic esters (lactones) is 1. The zero-order valence-electron chi connectivity index (χ0n) is 27.3. The molecule has 2 amide bonds. The smallest absolute Gasteiger partial charge is 0.416 e. The number of carboxylic acid groups (broad SMARTS) is 1. The number of nitrogens with zero attached hydrogens (tertiary/aromatic N) is 1. The molecule has 8 nitrogen and oxygen atoms in total. The fraction of sp³-hybridized carbons (Fsp3) is 0.500. The second-order valence-corrected chi connectivity index (χ2v) is 13.4. The molecular formula is C34H37F6N2O6-. The molecule has 2 aromatic carbocycles. The largest absolute Gasteiger partial charge is 0.548 e. The van der Waals surface area contributed by atoms with Gasteiger partial charge in [0, 0.05) is 17.7 Å². The fourth-order valence-corrected chi connectivity index (χ4v) is 6.21. The molecule has 0 spiro atoms. The van der Waals surface area contributed by atoms with Crippen LogP contribution in [0, 0.1) is 11.3 Å². The number of nitrogens with one attached hydrogen (secondary N) is 1. The van der Waals surface area contributed by atoms with Gasteiger partial charge >= 0.3 is 18.4 Å². The van der Waals surface area contributed by atoms with Crippen LogP contribution in [0.4, 0.5) is 31.1 Å². The number of amides is 2. The van der Waals surface area contributed by atoms with Gasteiger partial charge < -0.3 is 24.7 Å². The van der Waals surface area contributed by atoms with E-state index in [0.29, 0.717) is 42.7 Å². The Hall–Kier alpha value is -4.23. The van der Waals surface area contributed by atoms with Gasteiger partial charge in [-0.15, -0.1) is 0 Å². The Morgan fingerprint density at radius 1 is 1.06 bits per heavy atom. The standard InChI is InChI=1S/C34H38F6N2O6/c1-17(2)27(30(44)45)41-29(43)19-7-8-26(47-6)25(13-19)24-9-10-32(4,5)15-21(24)16-42-18(3)28(48-31(42)46)20-11-22(33(35,36)37)14-23(12-20)34(38,39)40/h7-8,11-14,17-18,27-28H,9-10,15-16H2,1-6H3,(H,41,43)(H,44,45)/p-1/t18-,27?,28-/m0/s1. The number of carboxylic acids is 1. The molecule has 262 valence electrons.